The first-order valence-corrected chi connectivity index (χ1v) is 7.67. The molecule has 0 aliphatic rings. The van der Waals surface area contributed by atoms with Gasteiger partial charge in [-0.05, 0) is 40.4 Å². The molecular formula is C11H17BrN2O2S. The summed E-state index contributed by atoms with van der Waals surface area (Å²) in [7, 11) is -3.35. The second kappa shape index (κ2) is 4.94. The summed E-state index contributed by atoms with van der Waals surface area (Å²) >= 11 is 3.32. The molecule has 96 valence electrons. The smallest absolute Gasteiger partial charge is 0.234 e. The maximum Gasteiger partial charge on any atom is 0.234 e. The number of aryl methyl sites for hydroxylation is 1. The molecule has 0 amide bonds. The largest absolute Gasteiger partial charge is 0.267 e. The summed E-state index contributed by atoms with van der Waals surface area (Å²) in [6.07, 6.45) is 0. The maximum atomic E-state index is 11.8. The molecule has 4 nitrogen and oxygen atoms in total. The van der Waals surface area contributed by atoms with Gasteiger partial charge in [0.2, 0.25) is 10.0 Å². The van der Waals surface area contributed by atoms with E-state index in [1.165, 1.54) is 0 Å². The first-order chi connectivity index (χ1) is 7.59. The van der Waals surface area contributed by atoms with Crippen LogP contribution in [0.4, 0.5) is 5.82 Å². The Labute approximate surface area is 111 Å². The summed E-state index contributed by atoms with van der Waals surface area (Å²) in [5, 5.41) is 0. The molecule has 0 saturated carbocycles. The third-order valence-corrected chi connectivity index (χ3v) is 4.51. The van der Waals surface area contributed by atoms with Crippen molar-refractivity contribution in [2.24, 2.45) is 5.41 Å². The highest BCUT2D eigenvalue weighted by Gasteiger charge is 2.21. The van der Waals surface area contributed by atoms with Crippen molar-refractivity contribution in [1.29, 1.82) is 0 Å². The Kier molecular flexibility index (Phi) is 4.19. The molecule has 1 N–H and O–H groups in total. The first-order valence-electron chi connectivity index (χ1n) is 5.23. The predicted molar refractivity (Wildman–Crippen MR) is 73.5 cm³/mol. The highest BCUT2D eigenvalue weighted by molar-refractivity contribution is 9.10. The molecule has 0 aromatic carbocycles. The minimum Gasteiger partial charge on any atom is -0.267 e. The molecule has 1 heterocycles. The number of pyridine rings is 1. The van der Waals surface area contributed by atoms with Gasteiger partial charge >= 0.3 is 0 Å². The van der Waals surface area contributed by atoms with Crippen molar-refractivity contribution >= 4 is 31.8 Å². The van der Waals surface area contributed by atoms with Crippen LogP contribution in [0.25, 0.3) is 0 Å². The van der Waals surface area contributed by atoms with Crippen LogP contribution in [0.3, 0.4) is 0 Å². The van der Waals surface area contributed by atoms with Crippen LogP contribution in [-0.2, 0) is 10.0 Å². The fraction of sp³-hybridized carbons (Fsp3) is 0.545. The Morgan fingerprint density at radius 3 is 2.41 bits per heavy atom. The van der Waals surface area contributed by atoms with Crippen LogP contribution in [0.1, 0.15) is 26.5 Å². The fourth-order valence-electron chi connectivity index (χ4n) is 1.37. The Morgan fingerprint density at radius 1 is 1.35 bits per heavy atom. The van der Waals surface area contributed by atoms with E-state index >= 15 is 0 Å². The molecular weight excluding hydrogens is 304 g/mol. The van der Waals surface area contributed by atoms with E-state index in [1.807, 2.05) is 27.7 Å². The monoisotopic (exact) mass is 320 g/mol. The van der Waals surface area contributed by atoms with Crippen molar-refractivity contribution in [1.82, 2.24) is 4.98 Å². The van der Waals surface area contributed by atoms with Crippen molar-refractivity contribution in [2.45, 2.75) is 27.7 Å². The highest BCUT2D eigenvalue weighted by atomic mass is 79.9. The average Bonchev–Trinajstić information content (AvgIpc) is 2.06. The van der Waals surface area contributed by atoms with Crippen LogP contribution in [0, 0.1) is 12.3 Å². The molecule has 0 saturated heterocycles. The summed E-state index contributed by atoms with van der Waals surface area (Å²) in [6, 6.07) is 3.41. The van der Waals surface area contributed by atoms with Gasteiger partial charge in [-0.25, -0.2) is 13.4 Å². The van der Waals surface area contributed by atoms with E-state index in [9.17, 15) is 8.42 Å². The fourth-order valence-corrected chi connectivity index (χ4v) is 3.23. The lowest BCUT2D eigenvalue weighted by atomic mass is 10.0. The van der Waals surface area contributed by atoms with E-state index in [0.29, 0.717) is 5.82 Å². The lowest BCUT2D eigenvalue weighted by Gasteiger charge is -2.18. The lowest BCUT2D eigenvalue weighted by Crippen LogP contribution is -2.26. The van der Waals surface area contributed by atoms with E-state index in [1.54, 1.807) is 12.1 Å². The summed E-state index contributed by atoms with van der Waals surface area (Å²) in [5.41, 5.74) is 0.469. The third-order valence-electron chi connectivity index (χ3n) is 1.90. The van der Waals surface area contributed by atoms with Crippen molar-refractivity contribution in [3.63, 3.8) is 0 Å². The van der Waals surface area contributed by atoms with Gasteiger partial charge in [-0.1, -0.05) is 20.8 Å². The van der Waals surface area contributed by atoms with Gasteiger partial charge in [0.1, 0.15) is 5.82 Å². The zero-order chi connectivity index (χ0) is 13.3. The number of hydrogen-bond donors (Lipinski definition) is 1. The van der Waals surface area contributed by atoms with Gasteiger partial charge in [0.15, 0.2) is 0 Å². The van der Waals surface area contributed by atoms with Crippen LogP contribution < -0.4 is 4.72 Å². The van der Waals surface area contributed by atoms with Gasteiger partial charge < -0.3 is 0 Å². The Bertz CT molecular complexity index is 507. The molecule has 0 fully saturated rings. The van der Waals surface area contributed by atoms with Crippen molar-refractivity contribution in [3.05, 3.63) is 22.3 Å². The number of sulfonamides is 1. The van der Waals surface area contributed by atoms with Gasteiger partial charge in [-0.2, -0.15) is 0 Å². The van der Waals surface area contributed by atoms with Crippen LogP contribution in [0.5, 0.6) is 0 Å². The summed E-state index contributed by atoms with van der Waals surface area (Å²) in [6.45, 7) is 7.46. The van der Waals surface area contributed by atoms with Crippen LogP contribution in [0.15, 0.2) is 16.6 Å². The number of hydrogen-bond acceptors (Lipinski definition) is 3. The number of nitrogens with zero attached hydrogens (tertiary/aromatic N) is 1. The molecule has 0 bridgehead atoms. The van der Waals surface area contributed by atoms with Crippen LogP contribution in [-0.4, -0.2) is 19.2 Å². The number of aromatic nitrogens is 1. The molecule has 6 heteroatoms. The first kappa shape index (κ1) is 14.4. The van der Waals surface area contributed by atoms with E-state index in [0.717, 1.165) is 10.2 Å². The van der Waals surface area contributed by atoms with Crippen molar-refractivity contribution in [2.75, 3.05) is 10.5 Å². The van der Waals surface area contributed by atoms with E-state index in [2.05, 4.69) is 25.6 Å². The third kappa shape index (κ3) is 5.04. The summed E-state index contributed by atoms with van der Waals surface area (Å²) in [5.74, 6) is 0.423. The molecule has 0 aliphatic carbocycles. The SMILES string of the molecule is Cc1nc(NS(=O)(=O)CC(C)(C)C)ccc1Br. The normalized spacial score (nSPS) is 12.5. The molecule has 0 aliphatic heterocycles. The van der Waals surface area contributed by atoms with Gasteiger partial charge in [-0.3, -0.25) is 4.72 Å². The molecule has 0 unspecified atom stereocenters. The topological polar surface area (TPSA) is 59.1 Å². The lowest BCUT2D eigenvalue weighted by molar-refractivity contribution is 0.463. The molecule has 1 rings (SSSR count). The van der Waals surface area contributed by atoms with Crippen LogP contribution >= 0.6 is 15.9 Å². The van der Waals surface area contributed by atoms with E-state index < -0.39 is 10.0 Å². The second-order valence-electron chi connectivity index (χ2n) is 5.19. The predicted octanol–water partition coefficient (Wildman–Crippen LogP) is 2.94. The van der Waals surface area contributed by atoms with Gasteiger partial charge in [-0.15, -0.1) is 0 Å². The molecule has 1 aromatic heterocycles. The van der Waals surface area contributed by atoms with E-state index in [-0.39, 0.29) is 11.2 Å². The Balaban J connectivity index is 2.87. The molecule has 0 radical (unpaired) electrons. The molecule has 0 spiro atoms. The standard InChI is InChI=1S/C11H17BrN2O2S/c1-8-9(12)5-6-10(13-8)14-17(15,16)7-11(2,3)4/h5-6H,7H2,1-4H3,(H,13,14). The van der Waals surface area contributed by atoms with E-state index in [4.69, 9.17) is 0 Å². The highest BCUT2D eigenvalue weighted by Crippen LogP contribution is 2.20. The number of anilines is 1. The Hall–Kier alpha value is -0.620. The zero-order valence-electron chi connectivity index (χ0n) is 10.4. The average molecular weight is 321 g/mol. The van der Waals surface area contributed by atoms with Gasteiger partial charge in [0.05, 0.1) is 11.4 Å². The second-order valence-corrected chi connectivity index (χ2v) is 7.76. The maximum absolute atomic E-state index is 11.8. The van der Waals surface area contributed by atoms with Gasteiger partial charge in [0.25, 0.3) is 0 Å². The number of nitrogens with one attached hydrogen (secondary N) is 1. The number of rotatable bonds is 3. The van der Waals surface area contributed by atoms with Crippen LogP contribution in [0.2, 0.25) is 0 Å². The molecule has 0 atom stereocenters. The quantitative estimate of drug-likeness (QED) is 0.931. The minimum atomic E-state index is -3.35. The number of halogens is 1. The molecule has 17 heavy (non-hydrogen) atoms. The van der Waals surface area contributed by atoms with Crippen molar-refractivity contribution in [3.8, 4) is 0 Å². The molecule has 1 aromatic rings. The van der Waals surface area contributed by atoms with Crippen molar-refractivity contribution < 1.29 is 8.42 Å². The minimum absolute atomic E-state index is 0.0663. The zero-order valence-corrected chi connectivity index (χ0v) is 12.8. The summed E-state index contributed by atoms with van der Waals surface area (Å²) < 4.78 is 27.0. The van der Waals surface area contributed by atoms with Gasteiger partial charge in [0, 0.05) is 4.47 Å². The Morgan fingerprint density at radius 2 is 1.94 bits per heavy atom. The summed E-state index contributed by atoms with van der Waals surface area (Å²) in [4.78, 5) is 4.15.